The molecule has 0 aromatic carbocycles. The number of hydrogen-bond donors (Lipinski definition) is 6. The van der Waals surface area contributed by atoms with E-state index >= 15 is 0 Å². The van der Waals surface area contributed by atoms with Gasteiger partial charge < -0.3 is 46.1 Å². The second kappa shape index (κ2) is 17.7. The van der Waals surface area contributed by atoms with Gasteiger partial charge in [0.15, 0.2) is 0 Å². The molecule has 5 amide bonds. The summed E-state index contributed by atoms with van der Waals surface area (Å²) in [5.41, 5.74) is 3.45. The highest BCUT2D eigenvalue weighted by molar-refractivity contribution is 8.01. The number of carbonyl (C=O) groups excluding carboxylic acids is 6. The van der Waals surface area contributed by atoms with Crippen LogP contribution in [0, 0.1) is 0 Å². The Morgan fingerprint density at radius 3 is 2.16 bits per heavy atom. The number of hydrogen-bond acceptors (Lipinski definition) is 20. The largest absolute Gasteiger partial charge is 0.480 e. The molecule has 28 heteroatoms. The van der Waals surface area contributed by atoms with E-state index in [2.05, 4.69) is 31.5 Å². The van der Waals surface area contributed by atoms with E-state index < -0.39 is 81.7 Å². The molecular formula is C30H36N10O13S5. The van der Waals surface area contributed by atoms with E-state index in [4.69, 9.17) is 19.9 Å². The fourth-order valence-corrected chi connectivity index (χ4v) is 11.8. The number of cyclic esters (lactones) is 1. The lowest BCUT2D eigenvalue weighted by atomic mass is 9.98. The Labute approximate surface area is 349 Å². The van der Waals surface area contributed by atoms with Crippen LogP contribution in [0.5, 0.6) is 0 Å². The zero-order valence-electron chi connectivity index (χ0n) is 30.7. The smallest absolute Gasteiger partial charge is 0.355 e. The van der Waals surface area contributed by atoms with Crippen molar-refractivity contribution in [3.63, 3.8) is 0 Å². The highest BCUT2D eigenvalue weighted by atomic mass is 32.2. The van der Waals surface area contributed by atoms with Gasteiger partial charge >= 0.3 is 17.9 Å². The summed E-state index contributed by atoms with van der Waals surface area (Å²) in [5, 5.41) is 37.1. The van der Waals surface area contributed by atoms with Gasteiger partial charge in [0.1, 0.15) is 34.8 Å². The molecule has 1 aromatic rings. The number of thioether (sulfide) groups is 5. The molecule has 0 aliphatic carbocycles. The van der Waals surface area contributed by atoms with Crippen molar-refractivity contribution in [3.8, 4) is 0 Å². The van der Waals surface area contributed by atoms with Gasteiger partial charge in [0.05, 0.1) is 17.5 Å². The van der Waals surface area contributed by atoms with Crippen molar-refractivity contribution in [1.82, 2.24) is 46.0 Å². The lowest BCUT2D eigenvalue weighted by Gasteiger charge is -2.55. The van der Waals surface area contributed by atoms with Crippen molar-refractivity contribution in [2.45, 2.75) is 39.4 Å². The quantitative estimate of drug-likeness (QED) is 0.0341. The van der Waals surface area contributed by atoms with Gasteiger partial charge in [0.2, 0.25) is 22.9 Å². The van der Waals surface area contributed by atoms with Crippen LogP contribution in [0.15, 0.2) is 27.7 Å². The molecular weight excluding hydrogens is 869 g/mol. The molecule has 0 bridgehead atoms. The van der Waals surface area contributed by atoms with Crippen molar-refractivity contribution in [3.05, 3.63) is 22.5 Å². The van der Waals surface area contributed by atoms with Crippen molar-refractivity contribution in [1.29, 1.82) is 0 Å². The van der Waals surface area contributed by atoms with E-state index in [0.29, 0.717) is 22.1 Å². The van der Waals surface area contributed by atoms with Gasteiger partial charge in [-0.3, -0.25) is 33.8 Å². The van der Waals surface area contributed by atoms with Gasteiger partial charge in [0.25, 0.3) is 23.3 Å². The molecule has 0 saturated carbocycles. The number of methoxy groups -OCH3 is 2. The molecule has 58 heavy (non-hydrogen) atoms. The minimum atomic E-state index is -1.88. The first-order chi connectivity index (χ1) is 27.6. The summed E-state index contributed by atoms with van der Waals surface area (Å²) in [6.07, 6.45) is 0. The molecule has 0 spiro atoms. The molecule has 5 aliphatic rings. The van der Waals surface area contributed by atoms with Crippen molar-refractivity contribution < 1.29 is 62.8 Å². The standard InChI is InChI=1S/C30H36N10O13S5/c1-38-28(35-36-37-38)58-7-13-6-57-26-29(51-2,24(49)39(26)18(13)22(46)47)34-17(42)11-55-9-15(21(44)45)32-20(43)14(31)8-54-10-16(41)33-30(52-3)25(50)40-19-12(4-53-23(19)48)5-56-27(30)40/h14-15,26-27H,4-11,31H2,1-3H3,(H,32,43)(H,33,41)(H,34,42)(H,44,45)(H,46,47)/t14-,15-,26-,27-,29+,30+/m1/s1. The molecule has 6 heterocycles. The summed E-state index contributed by atoms with van der Waals surface area (Å²) in [5.74, 6) is -7.13. The predicted octanol–water partition coefficient (Wildman–Crippen LogP) is -3.44. The molecule has 6 atom stereocenters. The third-order valence-corrected chi connectivity index (χ3v) is 15.2. The van der Waals surface area contributed by atoms with Crippen LogP contribution in [0.2, 0.25) is 0 Å². The number of carboxylic acid groups (broad SMARTS) is 2. The average molecular weight is 905 g/mol. The number of nitrogens with two attached hydrogens (primary N) is 1. The zero-order valence-corrected chi connectivity index (χ0v) is 34.7. The van der Waals surface area contributed by atoms with Crippen LogP contribution in [0.1, 0.15) is 0 Å². The summed E-state index contributed by atoms with van der Waals surface area (Å²) in [4.78, 5) is 104. The summed E-state index contributed by atoms with van der Waals surface area (Å²) in [6, 6.07) is -2.71. The van der Waals surface area contributed by atoms with Gasteiger partial charge in [-0.2, -0.15) is 0 Å². The number of carboxylic acids is 2. The zero-order chi connectivity index (χ0) is 42.1. The lowest BCUT2D eigenvalue weighted by Crippen LogP contribution is -2.80. The van der Waals surface area contributed by atoms with Crippen LogP contribution in [0.25, 0.3) is 0 Å². The number of nitrogens with one attached hydrogen (secondary N) is 3. The Morgan fingerprint density at radius 1 is 0.966 bits per heavy atom. The highest BCUT2D eigenvalue weighted by Crippen LogP contribution is 2.49. The van der Waals surface area contributed by atoms with E-state index in [1.54, 1.807) is 7.05 Å². The second-order valence-electron chi connectivity index (χ2n) is 12.8. The Bertz CT molecular complexity index is 2000. The predicted molar refractivity (Wildman–Crippen MR) is 206 cm³/mol. The van der Waals surface area contributed by atoms with E-state index in [1.807, 2.05) is 0 Å². The third-order valence-electron chi connectivity index (χ3n) is 9.24. The molecule has 0 radical (unpaired) electrons. The summed E-state index contributed by atoms with van der Waals surface area (Å²) < 4.78 is 17.3. The maximum absolute atomic E-state index is 13.4. The average Bonchev–Trinajstić information content (AvgIpc) is 3.79. The number of esters is 1. The fourth-order valence-electron chi connectivity index (χ4n) is 6.38. The Hall–Kier alpha value is -4.06. The molecule has 2 saturated heterocycles. The topological polar surface area (TPSA) is 317 Å². The number of ether oxygens (including phenoxy) is 3. The summed E-state index contributed by atoms with van der Waals surface area (Å²) in [6.45, 7) is 0.0976. The number of amides is 5. The minimum Gasteiger partial charge on any atom is -0.480 e. The van der Waals surface area contributed by atoms with Crippen LogP contribution in [0.4, 0.5) is 0 Å². The van der Waals surface area contributed by atoms with Crippen LogP contribution in [0.3, 0.4) is 0 Å². The first kappa shape index (κ1) is 43.5. The van der Waals surface area contributed by atoms with Crippen LogP contribution in [-0.4, -0.2) is 183 Å². The Kier molecular flexibility index (Phi) is 13.2. The van der Waals surface area contributed by atoms with Crippen LogP contribution in [-0.2, 0) is 59.6 Å². The van der Waals surface area contributed by atoms with Crippen LogP contribution >= 0.6 is 58.8 Å². The highest BCUT2D eigenvalue weighted by Gasteiger charge is 2.68. The number of β-lactam (4-membered cyclic amide) rings is 2. The van der Waals surface area contributed by atoms with E-state index in [1.165, 1.54) is 59.1 Å². The second-order valence-corrected chi connectivity index (χ2v) is 18.0. The number of nitrogens with zero attached hydrogens (tertiary/aromatic N) is 6. The molecule has 1 aromatic heterocycles. The SMILES string of the molecule is CO[C@@]1(NC(=O)CSC[C@@H](NC(=O)[C@H](N)CSCC(=O)N[C@]2(OC)C(=O)N3C4=C(COC4=O)CS[C@@H]32)C(=O)O)C(=O)N2C(C(=O)O)=C(CSc3nnnn3C)CS[C@@H]21. The minimum absolute atomic E-state index is 0.0976. The molecule has 314 valence electrons. The monoisotopic (exact) mass is 904 g/mol. The number of aromatic nitrogens is 4. The first-order valence-corrected chi connectivity index (χ1v) is 22.3. The normalized spacial score (nSPS) is 25.8. The number of fused-ring (bicyclic) bond motifs is 3. The molecule has 6 rings (SSSR count). The molecule has 5 aliphatic heterocycles. The molecule has 7 N–H and O–H groups in total. The van der Waals surface area contributed by atoms with Gasteiger partial charge in [-0.1, -0.05) is 11.8 Å². The first-order valence-electron chi connectivity index (χ1n) is 16.9. The van der Waals surface area contributed by atoms with E-state index in [-0.39, 0.29) is 52.5 Å². The van der Waals surface area contributed by atoms with E-state index in [0.717, 1.165) is 28.4 Å². The van der Waals surface area contributed by atoms with Gasteiger partial charge in [-0.25, -0.2) is 19.1 Å². The Morgan fingerprint density at radius 2 is 1.57 bits per heavy atom. The van der Waals surface area contributed by atoms with Gasteiger partial charge in [0, 0.05) is 55.6 Å². The maximum atomic E-state index is 13.4. The van der Waals surface area contributed by atoms with Gasteiger partial charge in [-0.05, 0) is 16.0 Å². The number of tetrazole rings is 1. The maximum Gasteiger partial charge on any atom is 0.355 e. The van der Waals surface area contributed by atoms with Crippen molar-refractivity contribution in [2.24, 2.45) is 12.8 Å². The van der Waals surface area contributed by atoms with Crippen LogP contribution < -0.4 is 21.7 Å². The molecule has 0 unspecified atom stereocenters. The van der Waals surface area contributed by atoms with Crippen molar-refractivity contribution in [2.75, 3.05) is 61.1 Å². The molecule has 23 nitrogen and oxygen atoms in total. The number of aliphatic carboxylic acids is 2. The summed E-state index contributed by atoms with van der Waals surface area (Å²) >= 11 is 5.48. The van der Waals surface area contributed by atoms with Crippen molar-refractivity contribution >= 4 is 106 Å². The molecule has 2 fully saturated rings. The lowest BCUT2D eigenvalue weighted by molar-refractivity contribution is -0.192. The Balaban J connectivity index is 0.942. The van der Waals surface area contributed by atoms with Gasteiger partial charge in [-0.15, -0.1) is 52.1 Å². The number of rotatable bonds is 19. The number of carbonyl (C=O) groups is 8. The number of aryl methyl sites for hydroxylation is 1. The third kappa shape index (κ3) is 7.98. The fraction of sp³-hybridized carbons (Fsp3) is 0.567. The van der Waals surface area contributed by atoms with E-state index in [9.17, 15) is 48.6 Å². The summed E-state index contributed by atoms with van der Waals surface area (Å²) in [7, 11) is 4.08.